The minimum absolute atomic E-state index is 0.117. The lowest BCUT2D eigenvalue weighted by molar-refractivity contribution is 0.0836. The fraction of sp³-hybridized carbons (Fsp3) is 0.632. The van der Waals surface area contributed by atoms with E-state index >= 15 is 0 Å². The number of ketones is 1. The van der Waals surface area contributed by atoms with Gasteiger partial charge in [0.05, 0.1) is 6.04 Å². The summed E-state index contributed by atoms with van der Waals surface area (Å²) in [6, 6.07) is 6.50. The first-order valence-corrected chi connectivity index (χ1v) is 8.70. The van der Waals surface area contributed by atoms with Crippen LogP contribution < -0.4 is 0 Å². The molecule has 0 spiro atoms. The maximum absolute atomic E-state index is 13.2. The lowest BCUT2D eigenvalue weighted by Crippen LogP contribution is -2.39. The number of rotatable bonds is 5. The Morgan fingerprint density at radius 3 is 2.67 bits per heavy atom. The van der Waals surface area contributed by atoms with Gasteiger partial charge in [0.2, 0.25) is 0 Å². The zero-order valence-electron chi connectivity index (χ0n) is 13.2. The van der Waals surface area contributed by atoms with E-state index in [1.807, 2.05) is 0 Å². The normalized spacial score (nSPS) is 20.2. The molecule has 2 heteroatoms. The van der Waals surface area contributed by atoms with Crippen LogP contribution in [-0.2, 0) is 12.8 Å². The smallest absolute Gasteiger partial charge is 0.180 e. The van der Waals surface area contributed by atoms with Gasteiger partial charge < -0.3 is 0 Å². The Balaban J connectivity index is 1.88. The number of benzene rings is 1. The van der Waals surface area contributed by atoms with Crippen LogP contribution in [0, 0.1) is 0 Å². The fourth-order valence-corrected chi connectivity index (χ4v) is 4.00. The third kappa shape index (κ3) is 3.06. The van der Waals surface area contributed by atoms with Gasteiger partial charge in [-0.15, -0.1) is 0 Å². The van der Waals surface area contributed by atoms with Gasteiger partial charge in [0, 0.05) is 5.56 Å². The van der Waals surface area contributed by atoms with E-state index in [1.165, 1.54) is 36.8 Å². The van der Waals surface area contributed by atoms with E-state index in [0.717, 1.165) is 44.3 Å². The Morgan fingerprint density at radius 1 is 1.14 bits per heavy atom. The summed E-state index contributed by atoms with van der Waals surface area (Å²) in [6.45, 7) is 4.40. The van der Waals surface area contributed by atoms with Gasteiger partial charge in [-0.05, 0) is 69.2 Å². The van der Waals surface area contributed by atoms with Gasteiger partial charge in [-0.1, -0.05) is 31.5 Å². The van der Waals surface area contributed by atoms with Crippen LogP contribution in [0.2, 0.25) is 0 Å². The Bertz CT molecular complexity index is 502. The quantitative estimate of drug-likeness (QED) is 0.762. The molecule has 2 aliphatic rings. The number of Topliss-reactive ketones (excluding diaryl/α,β-unsaturated/α-hetero) is 1. The van der Waals surface area contributed by atoms with E-state index in [-0.39, 0.29) is 6.04 Å². The minimum atomic E-state index is 0.117. The minimum Gasteiger partial charge on any atom is -0.293 e. The lowest BCUT2D eigenvalue weighted by atomic mass is 9.85. The summed E-state index contributed by atoms with van der Waals surface area (Å²) in [6.07, 6.45) is 9.34. The van der Waals surface area contributed by atoms with Crippen LogP contribution in [0.1, 0.15) is 66.9 Å². The number of nitrogens with zero attached hydrogens (tertiary/aromatic N) is 1. The second kappa shape index (κ2) is 6.74. The van der Waals surface area contributed by atoms with Crippen molar-refractivity contribution in [2.45, 2.75) is 64.3 Å². The fourth-order valence-electron chi connectivity index (χ4n) is 4.00. The third-order valence-corrected chi connectivity index (χ3v) is 5.11. The summed E-state index contributed by atoms with van der Waals surface area (Å²) in [5, 5.41) is 0. The molecule has 2 nitrogen and oxygen atoms in total. The van der Waals surface area contributed by atoms with Gasteiger partial charge in [0.15, 0.2) is 5.78 Å². The van der Waals surface area contributed by atoms with Gasteiger partial charge in [-0.3, -0.25) is 9.69 Å². The number of hydrogen-bond acceptors (Lipinski definition) is 2. The van der Waals surface area contributed by atoms with Crippen molar-refractivity contribution >= 4 is 5.78 Å². The number of likely N-dealkylation sites (tertiary alicyclic amines) is 1. The van der Waals surface area contributed by atoms with Crippen molar-refractivity contribution in [1.82, 2.24) is 4.90 Å². The highest BCUT2D eigenvalue weighted by atomic mass is 16.1. The van der Waals surface area contributed by atoms with Crippen LogP contribution in [0.3, 0.4) is 0 Å². The second-order valence-electron chi connectivity index (χ2n) is 6.56. The standard InChI is InChI=1S/C19H27NO/c1-2-8-18(20-13-5-6-14-20)19(21)17-12-7-10-15-9-3-4-11-16(15)17/h7,10,12,18H,2-6,8-9,11,13-14H2,1H3. The predicted molar refractivity (Wildman–Crippen MR) is 86.9 cm³/mol. The van der Waals surface area contributed by atoms with Crippen LogP contribution in [0.4, 0.5) is 0 Å². The van der Waals surface area contributed by atoms with Gasteiger partial charge in [-0.2, -0.15) is 0 Å². The highest BCUT2D eigenvalue weighted by Gasteiger charge is 2.30. The molecule has 1 aliphatic carbocycles. The van der Waals surface area contributed by atoms with E-state index < -0.39 is 0 Å². The van der Waals surface area contributed by atoms with Gasteiger partial charge in [-0.25, -0.2) is 0 Å². The third-order valence-electron chi connectivity index (χ3n) is 5.11. The first-order valence-electron chi connectivity index (χ1n) is 8.70. The number of carbonyl (C=O) groups is 1. The van der Waals surface area contributed by atoms with Crippen molar-refractivity contribution in [3.05, 3.63) is 34.9 Å². The summed E-state index contributed by atoms with van der Waals surface area (Å²) in [4.78, 5) is 15.6. The summed E-state index contributed by atoms with van der Waals surface area (Å²) in [7, 11) is 0. The Kier molecular flexibility index (Phi) is 4.74. The molecular weight excluding hydrogens is 258 g/mol. The van der Waals surface area contributed by atoms with Crippen molar-refractivity contribution in [3.63, 3.8) is 0 Å². The Hall–Kier alpha value is -1.15. The molecule has 1 atom stereocenters. The molecule has 21 heavy (non-hydrogen) atoms. The number of carbonyl (C=O) groups excluding carboxylic acids is 1. The van der Waals surface area contributed by atoms with E-state index in [0.29, 0.717) is 5.78 Å². The van der Waals surface area contributed by atoms with Crippen molar-refractivity contribution in [1.29, 1.82) is 0 Å². The maximum Gasteiger partial charge on any atom is 0.180 e. The zero-order valence-corrected chi connectivity index (χ0v) is 13.2. The summed E-state index contributed by atoms with van der Waals surface area (Å²) in [5.74, 6) is 0.387. The van der Waals surface area contributed by atoms with Crippen LogP contribution in [0.5, 0.6) is 0 Å². The first-order chi connectivity index (χ1) is 10.3. The zero-order chi connectivity index (χ0) is 14.7. The second-order valence-corrected chi connectivity index (χ2v) is 6.56. The molecular formula is C19H27NO. The molecule has 0 amide bonds. The topological polar surface area (TPSA) is 20.3 Å². The molecule has 0 N–H and O–H groups in total. The monoisotopic (exact) mass is 285 g/mol. The van der Waals surface area contributed by atoms with Gasteiger partial charge in [0.1, 0.15) is 0 Å². The molecule has 0 bridgehead atoms. The predicted octanol–water partition coefficient (Wildman–Crippen LogP) is 4.01. The molecule has 1 heterocycles. The molecule has 114 valence electrons. The molecule has 0 aromatic heterocycles. The Labute approximate surface area is 128 Å². The summed E-state index contributed by atoms with van der Waals surface area (Å²) < 4.78 is 0. The molecule has 1 aromatic rings. The largest absolute Gasteiger partial charge is 0.293 e. The van der Waals surface area contributed by atoms with E-state index in [2.05, 4.69) is 30.0 Å². The van der Waals surface area contributed by atoms with Crippen LogP contribution in [-0.4, -0.2) is 29.8 Å². The molecule has 1 saturated heterocycles. The number of hydrogen-bond donors (Lipinski definition) is 0. The van der Waals surface area contributed by atoms with Crippen molar-refractivity contribution in [3.8, 4) is 0 Å². The molecule has 1 aliphatic heterocycles. The highest BCUT2D eigenvalue weighted by Crippen LogP contribution is 2.27. The van der Waals surface area contributed by atoms with Gasteiger partial charge >= 0.3 is 0 Å². The van der Waals surface area contributed by atoms with Crippen molar-refractivity contribution in [2.75, 3.05) is 13.1 Å². The number of fused-ring (bicyclic) bond motifs is 1. The average Bonchev–Trinajstić information content (AvgIpc) is 3.05. The van der Waals surface area contributed by atoms with Crippen LogP contribution >= 0.6 is 0 Å². The molecule has 0 radical (unpaired) electrons. The van der Waals surface area contributed by atoms with E-state index in [1.54, 1.807) is 0 Å². The van der Waals surface area contributed by atoms with Crippen LogP contribution in [0.15, 0.2) is 18.2 Å². The Morgan fingerprint density at radius 2 is 1.90 bits per heavy atom. The average molecular weight is 285 g/mol. The van der Waals surface area contributed by atoms with E-state index in [9.17, 15) is 4.79 Å². The molecule has 3 rings (SSSR count). The first kappa shape index (κ1) is 14.8. The molecule has 1 unspecified atom stereocenters. The maximum atomic E-state index is 13.2. The van der Waals surface area contributed by atoms with Crippen LogP contribution in [0.25, 0.3) is 0 Å². The van der Waals surface area contributed by atoms with Crippen molar-refractivity contribution in [2.24, 2.45) is 0 Å². The van der Waals surface area contributed by atoms with Gasteiger partial charge in [0.25, 0.3) is 0 Å². The molecule has 0 saturated carbocycles. The molecule has 1 fully saturated rings. The van der Waals surface area contributed by atoms with E-state index in [4.69, 9.17) is 0 Å². The number of aryl methyl sites for hydroxylation is 1. The van der Waals surface area contributed by atoms with Crippen molar-refractivity contribution < 1.29 is 4.79 Å². The summed E-state index contributed by atoms with van der Waals surface area (Å²) >= 11 is 0. The lowest BCUT2D eigenvalue weighted by Gasteiger charge is -2.28. The molecule has 1 aromatic carbocycles. The summed E-state index contributed by atoms with van der Waals surface area (Å²) in [5.41, 5.74) is 3.80. The SMILES string of the molecule is CCCC(C(=O)c1cccc2c1CCCC2)N1CCCC1. The highest BCUT2D eigenvalue weighted by molar-refractivity contribution is 6.01.